The third kappa shape index (κ3) is 4.15. The van der Waals surface area contributed by atoms with Crippen LogP contribution < -0.4 is 0 Å². The van der Waals surface area contributed by atoms with Crippen LogP contribution in [0.25, 0.3) is 11.5 Å². The smallest absolute Gasteiger partial charge is 0.229 e. The van der Waals surface area contributed by atoms with Gasteiger partial charge in [0.25, 0.3) is 0 Å². The number of halogens is 1. The minimum absolute atomic E-state index is 0.109. The second-order valence-electron chi connectivity index (χ2n) is 7.08. The van der Waals surface area contributed by atoms with Gasteiger partial charge in [-0.05, 0) is 32.6 Å². The molecule has 2 aromatic heterocycles. The topological polar surface area (TPSA) is 85.0 Å². The van der Waals surface area contributed by atoms with Gasteiger partial charge in [-0.2, -0.15) is 4.98 Å². The Morgan fingerprint density at radius 1 is 1.44 bits per heavy atom. The van der Waals surface area contributed by atoms with Gasteiger partial charge in [-0.15, -0.1) is 11.6 Å². The van der Waals surface area contributed by atoms with Gasteiger partial charge in [-0.3, -0.25) is 9.78 Å². The van der Waals surface area contributed by atoms with E-state index >= 15 is 0 Å². The number of nitrogens with zero attached hydrogens (tertiary/aromatic N) is 5. The number of piperidine rings is 1. The van der Waals surface area contributed by atoms with Gasteiger partial charge in [0.15, 0.2) is 0 Å². The van der Waals surface area contributed by atoms with Gasteiger partial charge in [0.05, 0.1) is 11.6 Å². The maximum atomic E-state index is 12.6. The fourth-order valence-electron chi connectivity index (χ4n) is 3.00. The van der Waals surface area contributed by atoms with Gasteiger partial charge in [0.1, 0.15) is 5.69 Å². The van der Waals surface area contributed by atoms with Crippen molar-refractivity contribution in [3.05, 3.63) is 24.5 Å². The molecule has 0 N–H and O–H groups in total. The molecule has 1 atom stereocenters. The summed E-state index contributed by atoms with van der Waals surface area (Å²) in [5, 5.41) is 3.97. The molecule has 1 unspecified atom stereocenters. The summed E-state index contributed by atoms with van der Waals surface area (Å²) >= 11 is 5.94. The molecule has 3 heterocycles. The van der Waals surface area contributed by atoms with E-state index in [0.29, 0.717) is 42.2 Å². The Kier molecular flexibility index (Phi) is 5.32. The highest BCUT2D eigenvalue weighted by atomic mass is 35.5. The van der Waals surface area contributed by atoms with E-state index in [4.69, 9.17) is 16.1 Å². The number of alkyl halides is 1. The van der Waals surface area contributed by atoms with Crippen LogP contribution in [0.1, 0.15) is 32.6 Å². The fraction of sp³-hybridized carbons (Fsp3) is 0.588. The number of hydrogen-bond acceptors (Lipinski definition) is 6. The molecule has 0 saturated carbocycles. The first-order valence-electron chi connectivity index (χ1n) is 8.44. The molecule has 1 aliphatic heterocycles. The minimum atomic E-state index is -0.535. The average molecular weight is 364 g/mol. The fourth-order valence-corrected chi connectivity index (χ4v) is 3.12. The van der Waals surface area contributed by atoms with E-state index in [-0.39, 0.29) is 5.91 Å². The van der Waals surface area contributed by atoms with Crippen LogP contribution in [0.4, 0.5) is 0 Å². The molecule has 1 aliphatic rings. The van der Waals surface area contributed by atoms with E-state index in [1.807, 2.05) is 18.7 Å². The molecule has 1 fully saturated rings. The van der Waals surface area contributed by atoms with E-state index in [2.05, 4.69) is 20.1 Å². The Morgan fingerprint density at radius 3 is 3.00 bits per heavy atom. The van der Waals surface area contributed by atoms with E-state index in [1.54, 1.807) is 18.6 Å². The Balaban J connectivity index is 1.64. The van der Waals surface area contributed by atoms with Crippen LogP contribution in [0.2, 0.25) is 0 Å². The van der Waals surface area contributed by atoms with Gasteiger partial charge in [-0.1, -0.05) is 5.16 Å². The second-order valence-corrected chi connectivity index (χ2v) is 7.35. The van der Waals surface area contributed by atoms with Crippen LogP contribution in [0.3, 0.4) is 0 Å². The summed E-state index contributed by atoms with van der Waals surface area (Å²) in [6.45, 7) is 5.25. The van der Waals surface area contributed by atoms with Crippen molar-refractivity contribution in [1.82, 2.24) is 25.0 Å². The highest BCUT2D eigenvalue weighted by molar-refractivity contribution is 6.19. The van der Waals surface area contributed by atoms with Gasteiger partial charge >= 0.3 is 0 Å². The zero-order valence-electron chi connectivity index (χ0n) is 14.5. The third-order valence-corrected chi connectivity index (χ3v) is 5.11. The highest BCUT2D eigenvalue weighted by Gasteiger charge is 2.34. The van der Waals surface area contributed by atoms with Gasteiger partial charge in [0.2, 0.25) is 17.6 Å². The first kappa shape index (κ1) is 17.8. The number of aromatic nitrogens is 4. The Morgan fingerprint density at radius 2 is 2.28 bits per heavy atom. The molecule has 25 heavy (non-hydrogen) atoms. The molecule has 0 spiro atoms. The number of rotatable bonds is 5. The number of hydrogen-bond donors (Lipinski definition) is 0. The van der Waals surface area contributed by atoms with Crippen molar-refractivity contribution >= 4 is 17.5 Å². The first-order valence-corrected chi connectivity index (χ1v) is 8.97. The van der Waals surface area contributed by atoms with Crippen LogP contribution in [0.5, 0.6) is 0 Å². The zero-order chi connectivity index (χ0) is 17.9. The molecule has 1 saturated heterocycles. The summed E-state index contributed by atoms with van der Waals surface area (Å²) in [5.74, 6) is 1.74. The van der Waals surface area contributed by atoms with Crippen molar-refractivity contribution in [3.8, 4) is 11.5 Å². The summed E-state index contributed by atoms with van der Waals surface area (Å²) in [4.78, 5) is 27.1. The molecule has 0 radical (unpaired) electrons. The van der Waals surface area contributed by atoms with Crippen LogP contribution in [0.15, 0.2) is 23.1 Å². The quantitative estimate of drug-likeness (QED) is 0.759. The molecule has 7 nitrogen and oxygen atoms in total. The molecule has 2 aromatic rings. The SMILES string of the molecule is CC(C)(CCl)C(=O)N1CCCC(Cc2nc(-c3cnccn3)no2)C1. The van der Waals surface area contributed by atoms with E-state index in [9.17, 15) is 4.79 Å². The lowest BCUT2D eigenvalue weighted by atomic mass is 9.90. The van der Waals surface area contributed by atoms with Crippen molar-refractivity contribution in [1.29, 1.82) is 0 Å². The molecule has 0 bridgehead atoms. The summed E-state index contributed by atoms with van der Waals surface area (Å²) in [7, 11) is 0. The predicted octanol–water partition coefficient (Wildman–Crippen LogP) is 2.57. The van der Waals surface area contributed by atoms with Crippen LogP contribution in [-0.4, -0.2) is 49.9 Å². The summed E-state index contributed by atoms with van der Waals surface area (Å²) in [6.07, 6.45) is 7.45. The summed E-state index contributed by atoms with van der Waals surface area (Å²) in [5.41, 5.74) is 0.0504. The molecule has 0 aliphatic carbocycles. The van der Waals surface area contributed by atoms with Crippen molar-refractivity contribution in [2.45, 2.75) is 33.1 Å². The largest absolute Gasteiger partial charge is 0.342 e. The number of carbonyl (C=O) groups excluding carboxylic acids is 1. The Bertz CT molecular complexity index is 719. The molecule has 8 heteroatoms. The second kappa shape index (κ2) is 7.47. The van der Waals surface area contributed by atoms with Crippen molar-refractivity contribution in [3.63, 3.8) is 0 Å². The van der Waals surface area contributed by atoms with E-state index in [1.165, 1.54) is 0 Å². The normalized spacial score (nSPS) is 18.4. The van der Waals surface area contributed by atoms with Gasteiger partial charge in [0, 0.05) is 37.8 Å². The van der Waals surface area contributed by atoms with Crippen molar-refractivity contribution < 1.29 is 9.32 Å². The lowest BCUT2D eigenvalue weighted by Crippen LogP contribution is -2.47. The van der Waals surface area contributed by atoms with E-state index < -0.39 is 5.41 Å². The summed E-state index contributed by atoms with van der Waals surface area (Å²) < 4.78 is 5.35. The molecular weight excluding hydrogens is 342 g/mol. The van der Waals surface area contributed by atoms with Gasteiger partial charge in [-0.25, -0.2) is 4.98 Å². The Hall–Kier alpha value is -2.02. The molecular formula is C17H22ClN5O2. The maximum Gasteiger partial charge on any atom is 0.229 e. The Labute approximate surface area is 151 Å². The third-order valence-electron chi connectivity index (χ3n) is 4.44. The van der Waals surface area contributed by atoms with Crippen molar-refractivity contribution in [2.75, 3.05) is 19.0 Å². The van der Waals surface area contributed by atoms with Crippen molar-refractivity contribution in [2.24, 2.45) is 11.3 Å². The molecule has 1 amide bonds. The standard InChI is InChI=1S/C17H22ClN5O2/c1-17(2,11-18)16(24)23-7-3-4-12(10-23)8-14-21-15(22-25-14)13-9-19-5-6-20-13/h5-6,9,12H,3-4,7-8,10-11H2,1-2H3. The number of carbonyl (C=O) groups is 1. The average Bonchev–Trinajstić information content (AvgIpc) is 3.10. The maximum absolute atomic E-state index is 12.6. The summed E-state index contributed by atoms with van der Waals surface area (Å²) in [6, 6.07) is 0. The first-order chi connectivity index (χ1) is 12.0. The van der Waals surface area contributed by atoms with Crippen LogP contribution in [-0.2, 0) is 11.2 Å². The lowest BCUT2D eigenvalue weighted by Gasteiger charge is -2.36. The monoisotopic (exact) mass is 363 g/mol. The minimum Gasteiger partial charge on any atom is -0.342 e. The lowest BCUT2D eigenvalue weighted by molar-refractivity contribution is -0.141. The van der Waals surface area contributed by atoms with E-state index in [0.717, 1.165) is 19.4 Å². The number of amides is 1. The van der Waals surface area contributed by atoms with Gasteiger partial charge < -0.3 is 9.42 Å². The number of likely N-dealkylation sites (tertiary alicyclic amines) is 1. The van der Waals surface area contributed by atoms with Crippen LogP contribution in [0, 0.1) is 11.3 Å². The molecule has 0 aromatic carbocycles. The highest BCUT2D eigenvalue weighted by Crippen LogP contribution is 2.27. The van der Waals surface area contributed by atoms with Crippen LogP contribution >= 0.6 is 11.6 Å². The molecule has 3 rings (SSSR count). The predicted molar refractivity (Wildman–Crippen MR) is 92.8 cm³/mol. The molecule has 134 valence electrons. The zero-order valence-corrected chi connectivity index (χ0v) is 15.2.